The van der Waals surface area contributed by atoms with Gasteiger partial charge in [0.25, 0.3) is 0 Å². The molecule has 18 heavy (non-hydrogen) atoms. The third-order valence-corrected chi connectivity index (χ3v) is 2.53. The fourth-order valence-electron chi connectivity index (χ4n) is 1.63. The van der Waals surface area contributed by atoms with Crippen LogP contribution in [0.4, 0.5) is 17.1 Å². The topological polar surface area (TPSA) is 92.3 Å². The number of nitrogen functional groups attached to an aromatic ring is 1. The van der Waals surface area contributed by atoms with E-state index in [-0.39, 0.29) is 0 Å². The van der Waals surface area contributed by atoms with Crippen LogP contribution in [0.2, 0.25) is 0 Å². The summed E-state index contributed by atoms with van der Waals surface area (Å²) in [6, 6.07) is 13.0. The molecule has 0 atom stereocenters. The van der Waals surface area contributed by atoms with Gasteiger partial charge in [0.1, 0.15) is 16.7 Å². The maximum Gasteiger partial charge on any atom is 0.138 e. The predicted molar refractivity (Wildman–Crippen MR) is 68.9 cm³/mol. The first-order valence-corrected chi connectivity index (χ1v) is 5.40. The molecule has 0 bridgehead atoms. The number of nitrogens with zero attached hydrogens (tertiary/aromatic N) is 4. The SMILES string of the molecule is Nc1ccc(/N=N/c2ccccc2)c2[nH]nnc12. The van der Waals surface area contributed by atoms with Crippen molar-refractivity contribution in [3.8, 4) is 0 Å². The molecule has 3 aromatic rings. The minimum atomic E-state index is 0.567. The number of rotatable bonds is 2. The van der Waals surface area contributed by atoms with Gasteiger partial charge in [-0.1, -0.05) is 23.4 Å². The Morgan fingerprint density at radius 1 is 1.00 bits per heavy atom. The molecule has 1 heterocycles. The summed E-state index contributed by atoms with van der Waals surface area (Å²) < 4.78 is 0. The summed E-state index contributed by atoms with van der Waals surface area (Å²) in [5.74, 6) is 0. The second kappa shape index (κ2) is 4.25. The molecule has 6 nitrogen and oxygen atoms in total. The average Bonchev–Trinajstić information content (AvgIpc) is 2.90. The third-order valence-electron chi connectivity index (χ3n) is 2.53. The highest BCUT2D eigenvalue weighted by atomic mass is 15.3. The number of fused-ring (bicyclic) bond motifs is 1. The molecular formula is C12H10N6. The van der Waals surface area contributed by atoms with Gasteiger partial charge in [0.15, 0.2) is 0 Å². The second-order valence-corrected chi connectivity index (χ2v) is 3.74. The Hall–Kier alpha value is -2.76. The molecule has 0 saturated heterocycles. The smallest absolute Gasteiger partial charge is 0.138 e. The number of nitrogens with two attached hydrogens (primary N) is 1. The average molecular weight is 238 g/mol. The molecule has 0 saturated carbocycles. The molecule has 1 aromatic heterocycles. The van der Waals surface area contributed by atoms with E-state index in [2.05, 4.69) is 25.6 Å². The van der Waals surface area contributed by atoms with Gasteiger partial charge in [0, 0.05) is 0 Å². The number of aromatic nitrogens is 3. The van der Waals surface area contributed by atoms with E-state index in [1.807, 2.05) is 30.3 Å². The summed E-state index contributed by atoms with van der Waals surface area (Å²) in [5, 5.41) is 18.7. The van der Waals surface area contributed by atoms with Crippen molar-refractivity contribution in [3.05, 3.63) is 42.5 Å². The Balaban J connectivity index is 2.03. The minimum Gasteiger partial charge on any atom is -0.397 e. The van der Waals surface area contributed by atoms with E-state index in [9.17, 15) is 0 Å². The van der Waals surface area contributed by atoms with Crippen LogP contribution in [-0.2, 0) is 0 Å². The number of hydrogen-bond acceptors (Lipinski definition) is 5. The summed E-state index contributed by atoms with van der Waals surface area (Å²) in [7, 11) is 0. The van der Waals surface area contributed by atoms with Crippen molar-refractivity contribution in [1.82, 2.24) is 15.4 Å². The van der Waals surface area contributed by atoms with Crippen molar-refractivity contribution in [2.24, 2.45) is 10.2 Å². The molecular weight excluding hydrogens is 228 g/mol. The molecule has 88 valence electrons. The Morgan fingerprint density at radius 3 is 2.67 bits per heavy atom. The van der Waals surface area contributed by atoms with Crippen molar-refractivity contribution in [1.29, 1.82) is 0 Å². The van der Waals surface area contributed by atoms with Crippen LogP contribution in [-0.4, -0.2) is 15.4 Å². The molecule has 3 rings (SSSR count). The zero-order valence-electron chi connectivity index (χ0n) is 9.41. The second-order valence-electron chi connectivity index (χ2n) is 3.74. The standard InChI is InChI=1S/C12H10N6/c13-9-6-7-10(12-11(9)16-18-17-12)15-14-8-4-2-1-3-5-8/h1-7H,13H2,(H,16,17,18)/b15-14+. The first-order valence-electron chi connectivity index (χ1n) is 5.40. The van der Waals surface area contributed by atoms with E-state index in [0.29, 0.717) is 22.4 Å². The van der Waals surface area contributed by atoms with E-state index in [0.717, 1.165) is 5.69 Å². The molecule has 6 heteroatoms. The van der Waals surface area contributed by atoms with E-state index in [1.54, 1.807) is 12.1 Å². The van der Waals surface area contributed by atoms with Gasteiger partial charge in [-0.2, -0.15) is 5.11 Å². The monoisotopic (exact) mass is 238 g/mol. The lowest BCUT2D eigenvalue weighted by molar-refractivity contribution is 0.959. The largest absolute Gasteiger partial charge is 0.397 e. The van der Waals surface area contributed by atoms with Gasteiger partial charge < -0.3 is 5.73 Å². The predicted octanol–water partition coefficient (Wildman–Crippen LogP) is 2.96. The van der Waals surface area contributed by atoms with Crippen LogP contribution < -0.4 is 5.73 Å². The van der Waals surface area contributed by atoms with Crippen LogP contribution in [0.5, 0.6) is 0 Å². The number of azo groups is 1. The molecule has 0 amide bonds. The van der Waals surface area contributed by atoms with Crippen LogP contribution in [0.15, 0.2) is 52.7 Å². The first kappa shape index (κ1) is 10.4. The van der Waals surface area contributed by atoms with Crippen LogP contribution in [0.1, 0.15) is 0 Å². The van der Waals surface area contributed by atoms with Crippen LogP contribution >= 0.6 is 0 Å². The quantitative estimate of drug-likeness (QED) is 0.531. The highest BCUT2D eigenvalue weighted by molar-refractivity contribution is 5.93. The van der Waals surface area contributed by atoms with Crippen LogP contribution in [0.3, 0.4) is 0 Å². The zero-order chi connectivity index (χ0) is 12.4. The Kier molecular flexibility index (Phi) is 2.45. The molecule has 0 aliphatic rings. The van der Waals surface area contributed by atoms with Gasteiger partial charge >= 0.3 is 0 Å². The number of benzene rings is 2. The van der Waals surface area contributed by atoms with Gasteiger partial charge in [-0.25, -0.2) is 0 Å². The van der Waals surface area contributed by atoms with Crippen molar-refractivity contribution in [3.63, 3.8) is 0 Å². The van der Waals surface area contributed by atoms with E-state index in [1.165, 1.54) is 0 Å². The van der Waals surface area contributed by atoms with Gasteiger partial charge in [-0.15, -0.1) is 10.2 Å². The Bertz CT molecular complexity index is 701. The molecule has 0 aliphatic carbocycles. The maximum absolute atomic E-state index is 5.78. The van der Waals surface area contributed by atoms with Crippen molar-refractivity contribution in [2.75, 3.05) is 5.73 Å². The number of nitrogens with one attached hydrogen (secondary N) is 1. The highest BCUT2D eigenvalue weighted by Gasteiger charge is 2.06. The van der Waals surface area contributed by atoms with Crippen LogP contribution in [0, 0.1) is 0 Å². The summed E-state index contributed by atoms with van der Waals surface area (Å²) in [5.41, 5.74) is 9.10. The van der Waals surface area contributed by atoms with Crippen molar-refractivity contribution >= 4 is 28.1 Å². The molecule has 0 unspecified atom stereocenters. The maximum atomic E-state index is 5.78. The summed E-state index contributed by atoms with van der Waals surface area (Å²) in [6.45, 7) is 0. The molecule has 2 aromatic carbocycles. The lowest BCUT2D eigenvalue weighted by Crippen LogP contribution is -1.85. The van der Waals surface area contributed by atoms with Gasteiger partial charge in [-0.3, -0.25) is 5.10 Å². The number of anilines is 1. The minimum absolute atomic E-state index is 0.567. The fourth-order valence-corrected chi connectivity index (χ4v) is 1.63. The van der Waals surface area contributed by atoms with E-state index in [4.69, 9.17) is 5.73 Å². The van der Waals surface area contributed by atoms with Crippen LogP contribution in [0.25, 0.3) is 11.0 Å². The Morgan fingerprint density at radius 2 is 1.83 bits per heavy atom. The van der Waals surface area contributed by atoms with Gasteiger partial charge in [-0.05, 0) is 24.3 Å². The number of H-pyrrole nitrogens is 1. The molecule has 0 radical (unpaired) electrons. The number of hydrogen-bond donors (Lipinski definition) is 2. The summed E-state index contributed by atoms with van der Waals surface area (Å²) in [4.78, 5) is 0. The molecule has 3 N–H and O–H groups in total. The van der Waals surface area contributed by atoms with Crippen molar-refractivity contribution in [2.45, 2.75) is 0 Å². The van der Waals surface area contributed by atoms with Gasteiger partial charge in [0.05, 0.1) is 11.4 Å². The lowest BCUT2D eigenvalue weighted by Gasteiger charge is -1.97. The number of aromatic amines is 1. The summed E-state index contributed by atoms with van der Waals surface area (Å²) >= 11 is 0. The normalized spacial score (nSPS) is 11.3. The van der Waals surface area contributed by atoms with Gasteiger partial charge in [0.2, 0.25) is 0 Å². The van der Waals surface area contributed by atoms with E-state index < -0.39 is 0 Å². The summed E-state index contributed by atoms with van der Waals surface area (Å²) in [6.07, 6.45) is 0. The molecule has 0 fully saturated rings. The van der Waals surface area contributed by atoms with E-state index >= 15 is 0 Å². The van der Waals surface area contributed by atoms with Crippen molar-refractivity contribution < 1.29 is 0 Å². The highest BCUT2D eigenvalue weighted by Crippen LogP contribution is 2.28. The molecule has 0 aliphatic heterocycles. The fraction of sp³-hybridized carbons (Fsp3) is 0. The zero-order valence-corrected chi connectivity index (χ0v) is 9.41. The molecule has 0 spiro atoms. The first-order chi connectivity index (χ1) is 8.84. The third kappa shape index (κ3) is 1.80. The lowest BCUT2D eigenvalue weighted by atomic mass is 10.2. The Labute approximate surface area is 103 Å².